The number of amides is 1. The lowest BCUT2D eigenvalue weighted by Gasteiger charge is -2.11. The Morgan fingerprint density at radius 3 is 2.52 bits per heavy atom. The summed E-state index contributed by atoms with van der Waals surface area (Å²) in [6, 6.07) is 7.41. The molecule has 0 aliphatic carbocycles. The number of nitrogens with one attached hydrogen (secondary N) is 3. The first-order chi connectivity index (χ1) is 10.9. The van der Waals surface area contributed by atoms with Crippen LogP contribution in [-0.2, 0) is 16.3 Å². The lowest BCUT2D eigenvalue weighted by atomic mass is 10.1. The minimum absolute atomic E-state index is 0.0574. The van der Waals surface area contributed by atoms with Crippen molar-refractivity contribution in [3.63, 3.8) is 0 Å². The number of hydrogen-bond acceptors (Lipinski definition) is 4. The van der Waals surface area contributed by atoms with Gasteiger partial charge < -0.3 is 16.0 Å². The number of carbonyl (C=O) groups is 1. The maximum atomic E-state index is 11.6. The second-order valence-electron chi connectivity index (χ2n) is 5.09. The normalized spacial score (nSPS) is 11.9. The van der Waals surface area contributed by atoms with E-state index in [2.05, 4.69) is 20.9 Å². The van der Waals surface area contributed by atoms with E-state index in [9.17, 15) is 13.2 Å². The van der Waals surface area contributed by atoms with Gasteiger partial charge in [0.25, 0.3) is 5.91 Å². The molecule has 0 radical (unpaired) electrons. The molecular weight excluding hydrogens is 316 g/mol. The molecule has 1 rings (SSSR count). The van der Waals surface area contributed by atoms with Crippen LogP contribution in [0.2, 0.25) is 0 Å². The van der Waals surface area contributed by atoms with Crippen molar-refractivity contribution in [2.24, 2.45) is 4.99 Å². The lowest BCUT2D eigenvalue weighted by molar-refractivity contribution is 0.0963. The molecule has 0 fully saturated rings. The predicted octanol–water partition coefficient (Wildman–Crippen LogP) is -0.202. The summed E-state index contributed by atoms with van der Waals surface area (Å²) in [6.45, 7) is 0.931. The molecule has 1 aromatic carbocycles. The van der Waals surface area contributed by atoms with Crippen LogP contribution in [0.5, 0.6) is 0 Å². The van der Waals surface area contributed by atoms with E-state index in [-0.39, 0.29) is 11.7 Å². The standard InChI is InChI=1S/C15H24N4O3S/c1-16-14(20)13-6-4-5-12(11-13)7-8-18-15(17-2)19-9-10-23(3,21)22/h4-6,11H,7-10H2,1-3H3,(H,16,20)(H2,17,18,19). The number of aliphatic imine (C=N–C) groups is 1. The van der Waals surface area contributed by atoms with Gasteiger partial charge in [-0.1, -0.05) is 12.1 Å². The van der Waals surface area contributed by atoms with Crippen molar-refractivity contribution < 1.29 is 13.2 Å². The zero-order valence-electron chi connectivity index (χ0n) is 13.7. The number of guanidine groups is 1. The van der Waals surface area contributed by atoms with E-state index < -0.39 is 9.84 Å². The highest BCUT2D eigenvalue weighted by atomic mass is 32.2. The summed E-state index contributed by atoms with van der Waals surface area (Å²) < 4.78 is 22.2. The highest BCUT2D eigenvalue weighted by Gasteiger charge is 2.05. The Morgan fingerprint density at radius 1 is 1.22 bits per heavy atom. The van der Waals surface area contributed by atoms with Gasteiger partial charge in [0.2, 0.25) is 0 Å². The summed E-state index contributed by atoms with van der Waals surface area (Å²) in [7, 11) is 0.237. The molecule has 0 spiro atoms. The van der Waals surface area contributed by atoms with Crippen LogP contribution in [-0.4, -0.2) is 59.5 Å². The average molecular weight is 340 g/mol. The van der Waals surface area contributed by atoms with E-state index in [0.717, 1.165) is 12.0 Å². The van der Waals surface area contributed by atoms with E-state index in [1.165, 1.54) is 6.26 Å². The molecule has 23 heavy (non-hydrogen) atoms. The average Bonchev–Trinajstić information content (AvgIpc) is 2.51. The van der Waals surface area contributed by atoms with Gasteiger partial charge in [0.15, 0.2) is 5.96 Å². The summed E-state index contributed by atoms with van der Waals surface area (Å²) in [6.07, 6.45) is 1.92. The molecule has 1 amide bonds. The van der Waals surface area contributed by atoms with E-state index in [0.29, 0.717) is 24.6 Å². The van der Waals surface area contributed by atoms with Crippen LogP contribution < -0.4 is 16.0 Å². The second-order valence-corrected chi connectivity index (χ2v) is 7.34. The van der Waals surface area contributed by atoms with E-state index in [1.54, 1.807) is 20.2 Å². The largest absolute Gasteiger partial charge is 0.356 e. The van der Waals surface area contributed by atoms with Crippen molar-refractivity contribution in [1.82, 2.24) is 16.0 Å². The van der Waals surface area contributed by atoms with Crippen LogP contribution in [0.25, 0.3) is 0 Å². The summed E-state index contributed by atoms with van der Waals surface area (Å²) in [5.74, 6) is 0.496. The number of benzene rings is 1. The minimum atomic E-state index is -2.99. The van der Waals surface area contributed by atoms with Crippen molar-refractivity contribution in [2.45, 2.75) is 6.42 Å². The van der Waals surface area contributed by atoms with E-state index in [4.69, 9.17) is 0 Å². The fourth-order valence-electron chi connectivity index (χ4n) is 1.91. The molecule has 0 aliphatic rings. The number of hydrogen-bond donors (Lipinski definition) is 3. The number of rotatable bonds is 7. The van der Waals surface area contributed by atoms with Gasteiger partial charge in [-0.3, -0.25) is 9.79 Å². The Labute approximate surface area is 137 Å². The van der Waals surface area contributed by atoms with Gasteiger partial charge in [-0.05, 0) is 24.1 Å². The second kappa shape index (κ2) is 9.14. The number of sulfone groups is 1. The van der Waals surface area contributed by atoms with Gasteiger partial charge in [0, 0.05) is 39.0 Å². The van der Waals surface area contributed by atoms with Crippen molar-refractivity contribution in [1.29, 1.82) is 0 Å². The van der Waals surface area contributed by atoms with Crippen molar-refractivity contribution in [2.75, 3.05) is 39.2 Å². The molecule has 0 aromatic heterocycles. The third-order valence-corrected chi connectivity index (χ3v) is 4.06. The Bertz CT molecular complexity index is 656. The number of nitrogens with zero attached hydrogens (tertiary/aromatic N) is 1. The van der Waals surface area contributed by atoms with Crippen molar-refractivity contribution >= 4 is 21.7 Å². The van der Waals surface area contributed by atoms with Gasteiger partial charge in [0.1, 0.15) is 9.84 Å². The SMILES string of the molecule is CN=C(NCCc1cccc(C(=O)NC)c1)NCCS(C)(=O)=O. The molecule has 128 valence electrons. The summed E-state index contributed by atoms with van der Waals surface area (Å²) in [5.41, 5.74) is 1.66. The van der Waals surface area contributed by atoms with Gasteiger partial charge in [0.05, 0.1) is 5.75 Å². The Balaban J connectivity index is 2.44. The molecule has 0 atom stereocenters. The van der Waals surface area contributed by atoms with Crippen LogP contribution in [0.15, 0.2) is 29.3 Å². The third-order valence-electron chi connectivity index (χ3n) is 3.11. The highest BCUT2D eigenvalue weighted by molar-refractivity contribution is 7.90. The highest BCUT2D eigenvalue weighted by Crippen LogP contribution is 2.05. The van der Waals surface area contributed by atoms with Crippen LogP contribution in [0.3, 0.4) is 0 Å². The van der Waals surface area contributed by atoms with Gasteiger partial charge in [-0.2, -0.15) is 0 Å². The zero-order chi connectivity index (χ0) is 17.3. The molecule has 1 aromatic rings. The van der Waals surface area contributed by atoms with E-state index >= 15 is 0 Å². The van der Waals surface area contributed by atoms with Crippen molar-refractivity contribution in [3.8, 4) is 0 Å². The Hall–Kier alpha value is -2.09. The zero-order valence-corrected chi connectivity index (χ0v) is 14.5. The molecule has 7 nitrogen and oxygen atoms in total. The Morgan fingerprint density at radius 2 is 1.91 bits per heavy atom. The maximum absolute atomic E-state index is 11.6. The molecule has 8 heteroatoms. The maximum Gasteiger partial charge on any atom is 0.251 e. The minimum Gasteiger partial charge on any atom is -0.356 e. The summed E-state index contributed by atoms with van der Waals surface area (Å²) in [5, 5.41) is 8.65. The lowest BCUT2D eigenvalue weighted by Crippen LogP contribution is -2.40. The first-order valence-corrected chi connectivity index (χ1v) is 9.35. The molecule has 0 aliphatic heterocycles. The van der Waals surface area contributed by atoms with Crippen LogP contribution in [0.4, 0.5) is 0 Å². The van der Waals surface area contributed by atoms with E-state index in [1.807, 2.05) is 18.2 Å². The first kappa shape index (κ1) is 19.0. The smallest absolute Gasteiger partial charge is 0.251 e. The third kappa shape index (κ3) is 7.64. The van der Waals surface area contributed by atoms with Crippen LogP contribution in [0.1, 0.15) is 15.9 Å². The molecule has 0 bridgehead atoms. The van der Waals surface area contributed by atoms with Gasteiger partial charge in [-0.25, -0.2) is 8.42 Å². The first-order valence-electron chi connectivity index (χ1n) is 7.29. The molecule has 3 N–H and O–H groups in total. The molecule has 0 unspecified atom stereocenters. The Kier molecular flexibility index (Phi) is 7.53. The molecule has 0 heterocycles. The summed E-state index contributed by atoms with van der Waals surface area (Å²) in [4.78, 5) is 15.6. The molecule has 0 saturated carbocycles. The van der Waals surface area contributed by atoms with Crippen LogP contribution in [0, 0.1) is 0 Å². The fraction of sp³-hybridized carbons (Fsp3) is 0.467. The van der Waals surface area contributed by atoms with Gasteiger partial charge in [-0.15, -0.1) is 0 Å². The van der Waals surface area contributed by atoms with Gasteiger partial charge >= 0.3 is 0 Å². The van der Waals surface area contributed by atoms with Crippen LogP contribution >= 0.6 is 0 Å². The monoisotopic (exact) mass is 340 g/mol. The predicted molar refractivity (Wildman–Crippen MR) is 92.6 cm³/mol. The fourth-order valence-corrected chi connectivity index (χ4v) is 2.39. The topological polar surface area (TPSA) is 99.7 Å². The number of carbonyl (C=O) groups excluding carboxylic acids is 1. The quantitative estimate of drug-likeness (QED) is 0.471. The van der Waals surface area contributed by atoms with Crippen molar-refractivity contribution in [3.05, 3.63) is 35.4 Å². The molecular formula is C15H24N4O3S. The summed E-state index contributed by atoms with van der Waals surface area (Å²) >= 11 is 0. The molecule has 0 saturated heterocycles.